The first kappa shape index (κ1) is 16.7. The van der Waals surface area contributed by atoms with Crippen LogP contribution >= 0.6 is 0 Å². The van der Waals surface area contributed by atoms with Gasteiger partial charge in [-0.2, -0.15) is 0 Å². The molecule has 0 atom stereocenters. The van der Waals surface area contributed by atoms with E-state index >= 15 is 0 Å². The summed E-state index contributed by atoms with van der Waals surface area (Å²) >= 11 is 0. The van der Waals surface area contributed by atoms with Crippen LogP contribution in [0.4, 0.5) is 11.4 Å². The van der Waals surface area contributed by atoms with E-state index in [0.717, 1.165) is 23.6 Å². The summed E-state index contributed by atoms with van der Waals surface area (Å²) in [4.78, 5) is 18.9. The van der Waals surface area contributed by atoms with Crippen LogP contribution < -0.4 is 10.2 Å². The molecule has 1 heterocycles. The van der Waals surface area contributed by atoms with E-state index in [1.165, 1.54) is 5.56 Å². The molecule has 0 aliphatic heterocycles. The van der Waals surface area contributed by atoms with Crippen LogP contribution in [0.25, 0.3) is 0 Å². The van der Waals surface area contributed by atoms with Crippen LogP contribution in [0.3, 0.4) is 0 Å². The van der Waals surface area contributed by atoms with Crippen molar-refractivity contribution in [2.75, 3.05) is 17.3 Å². The van der Waals surface area contributed by atoms with Crippen molar-refractivity contribution in [2.24, 2.45) is 0 Å². The number of nitrogens with one attached hydrogen (secondary N) is 1. The Labute approximate surface area is 148 Å². The third kappa shape index (κ3) is 4.23. The number of aryl methyl sites for hydroxylation is 1. The molecule has 1 aromatic heterocycles. The number of hydrogen-bond acceptors (Lipinski definition) is 3. The zero-order chi connectivity index (χ0) is 17.6. The average molecular weight is 331 g/mol. The van der Waals surface area contributed by atoms with Crippen LogP contribution in [0.15, 0.2) is 72.8 Å². The van der Waals surface area contributed by atoms with Crippen LogP contribution in [-0.2, 0) is 6.54 Å². The van der Waals surface area contributed by atoms with Gasteiger partial charge in [0.15, 0.2) is 0 Å². The van der Waals surface area contributed by atoms with E-state index in [1.807, 2.05) is 68.6 Å². The standard InChI is InChI=1S/C21H21N3O/c1-16-9-8-13-19(22-16)21(25)23-18-12-6-7-14-20(18)24(2)15-17-10-4-3-5-11-17/h3-14H,15H2,1-2H3,(H,23,25). The fraction of sp³-hybridized carbons (Fsp3) is 0.143. The highest BCUT2D eigenvalue weighted by atomic mass is 16.1. The number of anilines is 2. The van der Waals surface area contributed by atoms with E-state index in [0.29, 0.717) is 5.69 Å². The van der Waals surface area contributed by atoms with E-state index in [4.69, 9.17) is 0 Å². The van der Waals surface area contributed by atoms with Gasteiger partial charge in [-0.05, 0) is 36.8 Å². The van der Waals surface area contributed by atoms with Crippen LogP contribution in [0.2, 0.25) is 0 Å². The predicted molar refractivity (Wildman–Crippen MR) is 102 cm³/mol. The van der Waals surface area contributed by atoms with Gasteiger partial charge in [-0.25, -0.2) is 4.98 Å². The van der Waals surface area contributed by atoms with Crippen molar-refractivity contribution in [3.05, 3.63) is 89.7 Å². The molecule has 0 spiro atoms. The zero-order valence-electron chi connectivity index (χ0n) is 14.4. The smallest absolute Gasteiger partial charge is 0.274 e. The lowest BCUT2D eigenvalue weighted by molar-refractivity contribution is 0.102. The van der Waals surface area contributed by atoms with Crippen molar-refractivity contribution in [3.63, 3.8) is 0 Å². The maximum Gasteiger partial charge on any atom is 0.274 e. The molecule has 0 aliphatic carbocycles. The lowest BCUT2D eigenvalue weighted by atomic mass is 10.2. The molecule has 0 aliphatic rings. The minimum atomic E-state index is -0.204. The molecular formula is C21H21N3O. The molecule has 0 fully saturated rings. The number of hydrogen-bond donors (Lipinski definition) is 1. The summed E-state index contributed by atoms with van der Waals surface area (Å²) in [6, 6.07) is 23.5. The van der Waals surface area contributed by atoms with Crippen molar-refractivity contribution in [1.29, 1.82) is 0 Å². The van der Waals surface area contributed by atoms with Crippen LogP contribution in [0, 0.1) is 6.92 Å². The summed E-state index contributed by atoms with van der Waals surface area (Å²) in [5, 5.41) is 2.98. The molecule has 0 saturated carbocycles. The average Bonchev–Trinajstić information content (AvgIpc) is 2.63. The molecule has 4 heteroatoms. The third-order valence-corrected chi connectivity index (χ3v) is 3.95. The summed E-state index contributed by atoms with van der Waals surface area (Å²) in [7, 11) is 2.02. The Morgan fingerprint density at radius 2 is 1.68 bits per heavy atom. The van der Waals surface area contributed by atoms with Crippen LogP contribution in [-0.4, -0.2) is 17.9 Å². The molecule has 0 bridgehead atoms. The monoisotopic (exact) mass is 331 g/mol. The quantitative estimate of drug-likeness (QED) is 0.759. The van der Waals surface area contributed by atoms with Gasteiger partial charge in [0.25, 0.3) is 5.91 Å². The Morgan fingerprint density at radius 3 is 2.44 bits per heavy atom. The molecule has 2 aromatic carbocycles. The van der Waals surface area contributed by atoms with E-state index in [9.17, 15) is 4.79 Å². The molecule has 4 nitrogen and oxygen atoms in total. The lowest BCUT2D eigenvalue weighted by Crippen LogP contribution is -2.20. The number of benzene rings is 2. The first-order valence-corrected chi connectivity index (χ1v) is 8.22. The lowest BCUT2D eigenvalue weighted by Gasteiger charge is -2.22. The van der Waals surface area contributed by atoms with Crippen molar-refractivity contribution in [1.82, 2.24) is 4.98 Å². The van der Waals surface area contributed by atoms with Gasteiger partial charge in [0.05, 0.1) is 11.4 Å². The van der Waals surface area contributed by atoms with Gasteiger partial charge < -0.3 is 10.2 Å². The first-order valence-electron chi connectivity index (χ1n) is 8.22. The molecule has 1 N–H and O–H groups in total. The Morgan fingerprint density at radius 1 is 0.960 bits per heavy atom. The highest BCUT2D eigenvalue weighted by Crippen LogP contribution is 2.26. The fourth-order valence-electron chi connectivity index (χ4n) is 2.71. The van der Waals surface area contributed by atoms with Gasteiger partial charge in [0.1, 0.15) is 5.69 Å². The molecule has 1 amide bonds. The highest BCUT2D eigenvalue weighted by molar-refractivity contribution is 6.04. The molecule has 25 heavy (non-hydrogen) atoms. The maximum absolute atomic E-state index is 12.5. The highest BCUT2D eigenvalue weighted by Gasteiger charge is 2.12. The predicted octanol–water partition coefficient (Wildman–Crippen LogP) is 4.28. The second kappa shape index (κ2) is 7.62. The third-order valence-electron chi connectivity index (χ3n) is 3.95. The number of carbonyl (C=O) groups is 1. The second-order valence-electron chi connectivity index (χ2n) is 5.98. The number of rotatable bonds is 5. The minimum absolute atomic E-state index is 0.204. The topological polar surface area (TPSA) is 45.2 Å². The summed E-state index contributed by atoms with van der Waals surface area (Å²) in [6.45, 7) is 2.63. The van der Waals surface area contributed by atoms with Gasteiger partial charge >= 0.3 is 0 Å². The molecule has 0 saturated heterocycles. The summed E-state index contributed by atoms with van der Waals surface area (Å²) in [5.74, 6) is -0.204. The number of aromatic nitrogens is 1. The second-order valence-corrected chi connectivity index (χ2v) is 5.98. The van der Waals surface area contributed by atoms with E-state index in [-0.39, 0.29) is 5.91 Å². The Hall–Kier alpha value is -3.14. The van der Waals surface area contributed by atoms with Gasteiger partial charge in [-0.15, -0.1) is 0 Å². The van der Waals surface area contributed by atoms with E-state index in [2.05, 4.69) is 27.3 Å². The molecule has 126 valence electrons. The molecular weight excluding hydrogens is 310 g/mol. The number of para-hydroxylation sites is 2. The Bertz CT molecular complexity index is 862. The number of pyridine rings is 1. The molecule has 3 rings (SSSR count). The normalized spacial score (nSPS) is 10.3. The number of amides is 1. The SMILES string of the molecule is Cc1cccc(C(=O)Nc2ccccc2N(C)Cc2ccccc2)n1. The zero-order valence-corrected chi connectivity index (χ0v) is 14.4. The molecule has 3 aromatic rings. The maximum atomic E-state index is 12.5. The Balaban J connectivity index is 1.80. The summed E-state index contributed by atoms with van der Waals surface area (Å²) in [6.07, 6.45) is 0. The van der Waals surface area contributed by atoms with Crippen molar-refractivity contribution in [2.45, 2.75) is 13.5 Å². The number of nitrogens with zero attached hydrogens (tertiary/aromatic N) is 2. The van der Waals surface area contributed by atoms with Crippen molar-refractivity contribution in [3.8, 4) is 0 Å². The van der Waals surface area contributed by atoms with Crippen molar-refractivity contribution < 1.29 is 4.79 Å². The molecule has 0 unspecified atom stereocenters. The fourth-order valence-corrected chi connectivity index (χ4v) is 2.71. The number of carbonyl (C=O) groups excluding carboxylic acids is 1. The Kier molecular flexibility index (Phi) is 5.09. The van der Waals surface area contributed by atoms with Gasteiger partial charge in [-0.3, -0.25) is 4.79 Å². The van der Waals surface area contributed by atoms with Gasteiger partial charge in [0.2, 0.25) is 0 Å². The van der Waals surface area contributed by atoms with Crippen LogP contribution in [0.5, 0.6) is 0 Å². The first-order chi connectivity index (χ1) is 12.1. The van der Waals surface area contributed by atoms with E-state index < -0.39 is 0 Å². The van der Waals surface area contributed by atoms with Crippen molar-refractivity contribution >= 4 is 17.3 Å². The van der Waals surface area contributed by atoms with Gasteiger partial charge in [-0.1, -0.05) is 48.5 Å². The molecule has 0 radical (unpaired) electrons. The van der Waals surface area contributed by atoms with Gasteiger partial charge in [0, 0.05) is 19.3 Å². The van der Waals surface area contributed by atoms with E-state index in [1.54, 1.807) is 6.07 Å². The largest absolute Gasteiger partial charge is 0.369 e. The summed E-state index contributed by atoms with van der Waals surface area (Å²) < 4.78 is 0. The summed E-state index contributed by atoms with van der Waals surface area (Å²) in [5.41, 5.74) is 4.19. The van der Waals surface area contributed by atoms with Crippen LogP contribution in [0.1, 0.15) is 21.7 Å². The minimum Gasteiger partial charge on any atom is -0.369 e.